The molecule has 1 aromatic rings. The zero-order chi connectivity index (χ0) is 10.9. The second-order valence-corrected chi connectivity index (χ2v) is 6.00. The fourth-order valence-corrected chi connectivity index (χ4v) is 3.12. The molecule has 1 aliphatic rings. The first kappa shape index (κ1) is 10.6. The molecular weight excluding hydrogens is 217 g/mol. The van der Waals surface area contributed by atoms with Gasteiger partial charge in [0, 0.05) is 13.1 Å². The van der Waals surface area contributed by atoms with Crippen molar-refractivity contribution in [2.45, 2.75) is 11.0 Å². The normalized spacial score (nSPS) is 17.4. The maximum Gasteiger partial charge on any atom is 0.159 e. The van der Waals surface area contributed by atoms with Crippen molar-refractivity contribution in [3.63, 3.8) is 0 Å². The fraction of sp³-hybridized carbons (Fsp3) is 0.400. The van der Waals surface area contributed by atoms with Gasteiger partial charge in [-0.1, -0.05) is 12.1 Å². The van der Waals surface area contributed by atoms with Gasteiger partial charge in [0.05, 0.1) is 11.0 Å². The van der Waals surface area contributed by atoms with Gasteiger partial charge in [0.25, 0.3) is 0 Å². The molecule has 0 unspecified atom stereocenters. The van der Waals surface area contributed by atoms with E-state index in [1.807, 2.05) is 0 Å². The summed E-state index contributed by atoms with van der Waals surface area (Å²) < 4.78 is 36.3. The highest BCUT2D eigenvalue weighted by molar-refractivity contribution is 7.91. The highest BCUT2D eigenvalue weighted by Crippen LogP contribution is 2.14. The van der Waals surface area contributed by atoms with Crippen molar-refractivity contribution < 1.29 is 12.8 Å². The Morgan fingerprint density at radius 3 is 2.67 bits per heavy atom. The average molecular weight is 229 g/mol. The van der Waals surface area contributed by atoms with Crippen LogP contribution in [-0.2, 0) is 15.6 Å². The fourth-order valence-electron chi connectivity index (χ4n) is 1.49. The minimum Gasteiger partial charge on any atom is -0.314 e. The predicted molar refractivity (Wildman–Crippen MR) is 55.7 cm³/mol. The highest BCUT2D eigenvalue weighted by Gasteiger charge is 2.30. The van der Waals surface area contributed by atoms with Gasteiger partial charge in [-0.15, -0.1) is 0 Å². The third-order valence-electron chi connectivity index (χ3n) is 2.51. The van der Waals surface area contributed by atoms with Crippen molar-refractivity contribution in [1.29, 1.82) is 0 Å². The van der Waals surface area contributed by atoms with Gasteiger partial charge in [-0.25, -0.2) is 12.8 Å². The lowest BCUT2D eigenvalue weighted by atomic mass is 10.2. The summed E-state index contributed by atoms with van der Waals surface area (Å²) >= 11 is 0. The van der Waals surface area contributed by atoms with Crippen LogP contribution in [-0.4, -0.2) is 26.8 Å². The Hall–Kier alpha value is -0.940. The predicted octanol–water partition coefficient (Wildman–Crippen LogP) is 0.712. The lowest BCUT2D eigenvalue weighted by Crippen LogP contribution is -2.51. The zero-order valence-corrected chi connectivity index (χ0v) is 8.93. The molecule has 0 saturated carbocycles. The first-order valence-electron chi connectivity index (χ1n) is 4.75. The standard InChI is InChI=1S/C10H12FNO2S/c11-9-3-1-2-8(4-9)7-15(13,14)10-5-12-6-10/h1-4,10,12H,5-7H2. The number of hydrogen-bond donors (Lipinski definition) is 1. The van der Waals surface area contributed by atoms with Crippen molar-refractivity contribution in [3.8, 4) is 0 Å². The lowest BCUT2D eigenvalue weighted by Gasteiger charge is -2.26. The number of sulfone groups is 1. The minimum absolute atomic E-state index is 0.0723. The topological polar surface area (TPSA) is 46.2 Å². The Labute approximate surface area is 88.2 Å². The Balaban J connectivity index is 2.14. The molecule has 0 aromatic heterocycles. The smallest absolute Gasteiger partial charge is 0.159 e. The van der Waals surface area contributed by atoms with E-state index in [1.165, 1.54) is 18.2 Å². The molecule has 2 rings (SSSR count). The third kappa shape index (κ3) is 2.35. The van der Waals surface area contributed by atoms with Crippen LogP contribution in [0.15, 0.2) is 24.3 Å². The van der Waals surface area contributed by atoms with Gasteiger partial charge in [-0.05, 0) is 17.7 Å². The second-order valence-electron chi connectivity index (χ2n) is 3.72. The van der Waals surface area contributed by atoms with Crippen molar-refractivity contribution in [1.82, 2.24) is 5.32 Å². The summed E-state index contributed by atoms with van der Waals surface area (Å²) in [4.78, 5) is 0. The van der Waals surface area contributed by atoms with Gasteiger partial charge in [0.2, 0.25) is 0 Å². The lowest BCUT2D eigenvalue weighted by molar-refractivity contribution is 0.495. The molecule has 15 heavy (non-hydrogen) atoms. The monoisotopic (exact) mass is 229 g/mol. The Kier molecular flexibility index (Phi) is 2.75. The molecular formula is C10H12FNO2S. The van der Waals surface area contributed by atoms with Crippen molar-refractivity contribution >= 4 is 9.84 Å². The SMILES string of the molecule is O=S(=O)(Cc1cccc(F)c1)C1CNC1. The van der Waals surface area contributed by atoms with Crippen molar-refractivity contribution in [2.24, 2.45) is 0 Å². The number of halogens is 1. The van der Waals surface area contributed by atoms with Crippen LogP contribution in [0.4, 0.5) is 4.39 Å². The minimum atomic E-state index is -3.12. The molecule has 1 saturated heterocycles. The largest absolute Gasteiger partial charge is 0.314 e. The summed E-state index contributed by atoms with van der Waals surface area (Å²) in [6.45, 7) is 1.02. The van der Waals surface area contributed by atoms with Crippen molar-refractivity contribution in [3.05, 3.63) is 35.6 Å². The van der Waals surface area contributed by atoms with Crippen LogP contribution in [0.1, 0.15) is 5.56 Å². The first-order valence-corrected chi connectivity index (χ1v) is 6.46. The molecule has 1 aliphatic heterocycles. The molecule has 0 atom stereocenters. The van der Waals surface area contributed by atoms with E-state index < -0.39 is 15.7 Å². The molecule has 0 spiro atoms. The molecule has 0 amide bonds. The maximum absolute atomic E-state index is 12.8. The van der Waals surface area contributed by atoms with Crippen LogP contribution in [0.2, 0.25) is 0 Å². The second kappa shape index (κ2) is 3.90. The molecule has 1 N–H and O–H groups in total. The molecule has 3 nitrogen and oxygen atoms in total. The summed E-state index contributed by atoms with van der Waals surface area (Å²) in [6, 6.07) is 5.73. The number of benzene rings is 1. The number of hydrogen-bond acceptors (Lipinski definition) is 3. The van der Waals surface area contributed by atoms with Crippen LogP contribution in [0.5, 0.6) is 0 Å². The summed E-state index contributed by atoms with van der Waals surface area (Å²) in [5, 5.41) is 2.61. The van der Waals surface area contributed by atoms with E-state index in [0.717, 1.165) is 0 Å². The molecule has 5 heteroatoms. The van der Waals surface area contributed by atoms with E-state index in [-0.39, 0.29) is 11.0 Å². The summed E-state index contributed by atoms with van der Waals surface area (Å²) in [5.74, 6) is -0.466. The van der Waals surface area contributed by atoms with E-state index in [0.29, 0.717) is 18.7 Å². The number of nitrogens with one attached hydrogen (secondary N) is 1. The number of rotatable bonds is 3. The van der Waals surface area contributed by atoms with Gasteiger partial charge in [0.1, 0.15) is 5.82 Å². The van der Waals surface area contributed by atoms with Gasteiger partial charge in [-0.3, -0.25) is 0 Å². The van der Waals surface area contributed by atoms with Gasteiger partial charge in [-0.2, -0.15) is 0 Å². The van der Waals surface area contributed by atoms with Crippen LogP contribution < -0.4 is 5.32 Å². The Morgan fingerprint density at radius 1 is 1.40 bits per heavy atom. The summed E-state index contributed by atoms with van der Waals surface area (Å²) in [6.07, 6.45) is 0. The van der Waals surface area contributed by atoms with Crippen LogP contribution in [0.3, 0.4) is 0 Å². The Morgan fingerprint density at radius 2 is 2.13 bits per heavy atom. The van der Waals surface area contributed by atoms with E-state index in [9.17, 15) is 12.8 Å². The zero-order valence-electron chi connectivity index (χ0n) is 8.11. The van der Waals surface area contributed by atoms with Gasteiger partial charge < -0.3 is 5.32 Å². The molecule has 1 fully saturated rings. The maximum atomic E-state index is 12.8. The van der Waals surface area contributed by atoms with E-state index in [2.05, 4.69) is 5.32 Å². The third-order valence-corrected chi connectivity index (χ3v) is 4.59. The van der Waals surface area contributed by atoms with Gasteiger partial charge >= 0.3 is 0 Å². The molecule has 82 valence electrons. The first-order chi connectivity index (χ1) is 7.08. The van der Waals surface area contributed by atoms with Crippen LogP contribution >= 0.6 is 0 Å². The molecule has 0 aliphatic carbocycles. The van der Waals surface area contributed by atoms with Crippen molar-refractivity contribution in [2.75, 3.05) is 13.1 Å². The Bertz CT molecular complexity index is 454. The van der Waals surface area contributed by atoms with Crippen LogP contribution in [0, 0.1) is 5.82 Å². The average Bonchev–Trinajstić information content (AvgIpc) is 1.97. The molecule has 1 aromatic carbocycles. The molecule has 0 bridgehead atoms. The quantitative estimate of drug-likeness (QED) is 0.830. The van der Waals surface area contributed by atoms with E-state index in [4.69, 9.17) is 0 Å². The summed E-state index contributed by atoms with van der Waals surface area (Å²) in [5.41, 5.74) is 0.516. The van der Waals surface area contributed by atoms with Gasteiger partial charge in [0.15, 0.2) is 9.84 Å². The van der Waals surface area contributed by atoms with Crippen LogP contribution in [0.25, 0.3) is 0 Å². The highest BCUT2D eigenvalue weighted by atomic mass is 32.2. The summed E-state index contributed by atoms with van der Waals surface area (Å²) in [7, 11) is -3.12. The van der Waals surface area contributed by atoms with E-state index >= 15 is 0 Å². The molecule has 0 radical (unpaired) electrons. The molecule has 1 heterocycles. The van der Waals surface area contributed by atoms with E-state index in [1.54, 1.807) is 6.07 Å².